The second-order valence-electron chi connectivity index (χ2n) is 9.48. The smallest absolute Gasteiger partial charge is 0.213 e. The Balaban J connectivity index is 1.50. The van der Waals surface area contributed by atoms with Crippen molar-refractivity contribution in [3.63, 3.8) is 0 Å². The zero-order chi connectivity index (χ0) is 22.3. The maximum absolute atomic E-state index is 6.49. The van der Waals surface area contributed by atoms with E-state index >= 15 is 0 Å². The van der Waals surface area contributed by atoms with Crippen LogP contribution in [0.2, 0.25) is 0 Å². The molecule has 0 spiro atoms. The maximum Gasteiger partial charge on any atom is 0.213 e. The molecule has 3 aromatic rings. The van der Waals surface area contributed by atoms with E-state index < -0.39 is 0 Å². The van der Waals surface area contributed by atoms with Gasteiger partial charge in [-0.15, -0.1) is 0 Å². The third-order valence-electron chi connectivity index (χ3n) is 6.26. The van der Waals surface area contributed by atoms with Crippen molar-refractivity contribution in [1.29, 1.82) is 0 Å². The summed E-state index contributed by atoms with van der Waals surface area (Å²) >= 11 is 0. The number of nitrogens with zero attached hydrogens (tertiary/aromatic N) is 2. The quantitative estimate of drug-likeness (QED) is 0.470. The molecule has 2 atom stereocenters. The number of hydrogen-bond acceptors (Lipinski definition) is 4. The molecule has 0 radical (unpaired) electrons. The molecule has 0 amide bonds. The Labute approximate surface area is 190 Å². The first-order valence-electron chi connectivity index (χ1n) is 11.4. The molecular formula is C28H30N2O2. The van der Waals surface area contributed by atoms with Gasteiger partial charge in [0.05, 0.1) is 18.4 Å². The molecule has 4 nitrogen and oxygen atoms in total. The van der Waals surface area contributed by atoms with E-state index in [9.17, 15) is 0 Å². The molecule has 32 heavy (non-hydrogen) atoms. The van der Waals surface area contributed by atoms with Crippen molar-refractivity contribution < 1.29 is 9.47 Å². The van der Waals surface area contributed by atoms with Crippen molar-refractivity contribution in [2.75, 3.05) is 6.61 Å². The highest BCUT2D eigenvalue weighted by Crippen LogP contribution is 2.47. The third kappa shape index (κ3) is 3.75. The Morgan fingerprint density at radius 1 is 0.969 bits per heavy atom. The number of para-hydroxylation sites is 1. The van der Waals surface area contributed by atoms with E-state index in [0.29, 0.717) is 6.61 Å². The Hall–Kier alpha value is -3.27. The summed E-state index contributed by atoms with van der Waals surface area (Å²) in [5.41, 5.74) is 5.95. The molecule has 4 heteroatoms. The lowest BCUT2D eigenvalue weighted by Crippen LogP contribution is -2.33. The van der Waals surface area contributed by atoms with Crippen LogP contribution in [0.4, 0.5) is 0 Å². The summed E-state index contributed by atoms with van der Waals surface area (Å²) in [7, 11) is 0. The molecule has 5 rings (SSSR count). The fourth-order valence-corrected chi connectivity index (χ4v) is 4.49. The topological polar surface area (TPSA) is 34.1 Å². The van der Waals surface area contributed by atoms with E-state index in [0.717, 1.165) is 34.8 Å². The first-order valence-corrected chi connectivity index (χ1v) is 11.4. The molecule has 0 N–H and O–H groups in total. The zero-order valence-corrected chi connectivity index (χ0v) is 19.2. The molecule has 3 aromatic carbocycles. The summed E-state index contributed by atoms with van der Waals surface area (Å²) in [5, 5.41) is 7.21. The van der Waals surface area contributed by atoms with Gasteiger partial charge in [0.25, 0.3) is 0 Å². The average Bonchev–Trinajstić information content (AvgIpc) is 3.25. The average molecular weight is 427 g/mol. The van der Waals surface area contributed by atoms with Crippen LogP contribution in [0.1, 0.15) is 68.6 Å². The molecule has 0 unspecified atom stereocenters. The SMILES string of the molecule is CCOc1ccc(C2=NN3[C@H](C2)c2ccccc2O[C@H]3c2ccc(C(C)(C)C)cc2)cc1. The van der Waals surface area contributed by atoms with Crippen LogP contribution in [-0.2, 0) is 5.41 Å². The number of hydrazone groups is 1. The number of benzene rings is 3. The van der Waals surface area contributed by atoms with Crippen LogP contribution in [0.25, 0.3) is 0 Å². The molecule has 2 aliphatic heterocycles. The minimum absolute atomic E-state index is 0.119. The molecule has 0 saturated heterocycles. The van der Waals surface area contributed by atoms with E-state index in [1.165, 1.54) is 11.1 Å². The summed E-state index contributed by atoms with van der Waals surface area (Å²) in [4.78, 5) is 0. The van der Waals surface area contributed by atoms with Gasteiger partial charge in [0.1, 0.15) is 11.5 Å². The van der Waals surface area contributed by atoms with Crippen molar-refractivity contribution in [1.82, 2.24) is 5.01 Å². The van der Waals surface area contributed by atoms with Gasteiger partial charge >= 0.3 is 0 Å². The van der Waals surface area contributed by atoms with Crippen LogP contribution < -0.4 is 9.47 Å². The van der Waals surface area contributed by atoms with Crippen molar-refractivity contribution >= 4 is 5.71 Å². The normalized spacial score (nSPS) is 19.6. The second-order valence-corrected chi connectivity index (χ2v) is 9.48. The van der Waals surface area contributed by atoms with Crippen molar-refractivity contribution in [3.05, 3.63) is 95.1 Å². The highest BCUT2D eigenvalue weighted by molar-refractivity contribution is 6.02. The molecule has 0 bridgehead atoms. The highest BCUT2D eigenvalue weighted by atomic mass is 16.5. The Kier molecular flexibility index (Phi) is 5.16. The van der Waals surface area contributed by atoms with E-state index in [1.54, 1.807) is 0 Å². The van der Waals surface area contributed by atoms with Gasteiger partial charge in [-0.25, -0.2) is 5.01 Å². The molecule has 2 heterocycles. The van der Waals surface area contributed by atoms with Gasteiger partial charge in [0.2, 0.25) is 6.23 Å². The van der Waals surface area contributed by atoms with Gasteiger partial charge in [0, 0.05) is 17.5 Å². The van der Waals surface area contributed by atoms with Crippen molar-refractivity contribution in [3.8, 4) is 11.5 Å². The predicted molar refractivity (Wildman–Crippen MR) is 128 cm³/mol. The first-order chi connectivity index (χ1) is 15.4. The Bertz CT molecular complexity index is 1130. The maximum atomic E-state index is 6.49. The van der Waals surface area contributed by atoms with Crippen LogP contribution >= 0.6 is 0 Å². The summed E-state index contributed by atoms with van der Waals surface area (Å²) < 4.78 is 12.1. The lowest BCUT2D eigenvalue weighted by Gasteiger charge is -2.38. The monoisotopic (exact) mass is 426 g/mol. The van der Waals surface area contributed by atoms with Crippen LogP contribution in [0.3, 0.4) is 0 Å². The Morgan fingerprint density at radius 2 is 1.69 bits per heavy atom. The molecule has 0 saturated carbocycles. The van der Waals surface area contributed by atoms with E-state index in [-0.39, 0.29) is 17.7 Å². The minimum atomic E-state index is -0.246. The van der Waals surface area contributed by atoms with Crippen LogP contribution in [0.15, 0.2) is 77.9 Å². The lowest BCUT2D eigenvalue weighted by molar-refractivity contribution is -0.0190. The largest absolute Gasteiger partial charge is 0.494 e. The summed E-state index contributed by atoms with van der Waals surface area (Å²) in [6.45, 7) is 9.37. The van der Waals surface area contributed by atoms with E-state index in [4.69, 9.17) is 14.6 Å². The van der Waals surface area contributed by atoms with Crippen molar-refractivity contribution in [2.24, 2.45) is 5.10 Å². The summed E-state index contributed by atoms with van der Waals surface area (Å²) in [6.07, 6.45) is 0.606. The van der Waals surface area contributed by atoms with Gasteiger partial charge in [-0.05, 0) is 53.8 Å². The number of ether oxygens (including phenoxy) is 2. The van der Waals surface area contributed by atoms with Crippen LogP contribution in [-0.4, -0.2) is 17.3 Å². The van der Waals surface area contributed by atoms with Crippen LogP contribution in [0, 0.1) is 0 Å². The second kappa shape index (κ2) is 8.01. The molecular weight excluding hydrogens is 396 g/mol. The minimum Gasteiger partial charge on any atom is -0.494 e. The van der Waals surface area contributed by atoms with Crippen molar-refractivity contribution in [2.45, 2.75) is 51.8 Å². The molecule has 0 fully saturated rings. The first kappa shape index (κ1) is 20.6. The van der Waals surface area contributed by atoms with Gasteiger partial charge < -0.3 is 9.47 Å². The zero-order valence-electron chi connectivity index (χ0n) is 19.2. The molecule has 164 valence electrons. The van der Waals surface area contributed by atoms with Gasteiger partial charge in [-0.1, -0.05) is 63.2 Å². The number of rotatable bonds is 4. The van der Waals surface area contributed by atoms with Gasteiger partial charge in [-0.2, -0.15) is 5.10 Å². The molecule has 0 aliphatic carbocycles. The highest BCUT2D eigenvalue weighted by Gasteiger charge is 2.40. The Morgan fingerprint density at radius 3 is 2.38 bits per heavy atom. The van der Waals surface area contributed by atoms with Gasteiger partial charge in [0.15, 0.2) is 0 Å². The number of fused-ring (bicyclic) bond motifs is 3. The third-order valence-corrected chi connectivity index (χ3v) is 6.26. The molecule has 2 aliphatic rings. The van der Waals surface area contributed by atoms with E-state index in [2.05, 4.69) is 80.4 Å². The fourth-order valence-electron chi connectivity index (χ4n) is 4.49. The summed E-state index contributed by atoms with van der Waals surface area (Å²) in [5.74, 6) is 1.83. The van der Waals surface area contributed by atoms with Gasteiger partial charge in [-0.3, -0.25) is 0 Å². The fraction of sp³-hybridized carbons (Fsp3) is 0.321. The lowest BCUT2D eigenvalue weighted by atomic mass is 9.86. The predicted octanol–water partition coefficient (Wildman–Crippen LogP) is 6.63. The number of hydrogen-bond donors (Lipinski definition) is 0. The van der Waals surface area contributed by atoms with Crippen LogP contribution in [0.5, 0.6) is 11.5 Å². The van der Waals surface area contributed by atoms with E-state index in [1.807, 2.05) is 25.1 Å². The summed E-state index contributed by atoms with van der Waals surface area (Å²) in [6, 6.07) is 25.5. The standard InChI is InChI=1S/C28H30N2O2/c1-5-31-22-16-12-19(13-17-22)24-18-25-23-8-6-7-9-26(23)32-27(30(25)29-24)20-10-14-21(15-11-20)28(2,3)4/h6-17,25,27H,5,18H2,1-4H3/t25-,27+/m1/s1. The molecule has 0 aromatic heterocycles.